The molecule has 0 aromatic carbocycles. The van der Waals surface area contributed by atoms with Gasteiger partial charge in [-0.15, -0.1) is 0 Å². The van der Waals surface area contributed by atoms with E-state index >= 15 is 0 Å². The van der Waals surface area contributed by atoms with Gasteiger partial charge in [-0.1, -0.05) is 20.8 Å². The molecule has 0 unspecified atom stereocenters. The van der Waals surface area contributed by atoms with Gasteiger partial charge in [-0.05, 0) is 29.7 Å². The minimum Gasteiger partial charge on any atom is -0.395 e. The smallest absolute Gasteiger partial charge is 0.395 e. The Labute approximate surface area is 149 Å². The van der Waals surface area contributed by atoms with Crippen LogP contribution in [0.25, 0.3) is 11.3 Å². The summed E-state index contributed by atoms with van der Waals surface area (Å²) >= 11 is 0. The third-order valence-corrected chi connectivity index (χ3v) is 4.01. The highest BCUT2D eigenvalue weighted by atomic mass is 19.4. The molecule has 0 saturated carbocycles. The Balaban J connectivity index is 2.21. The van der Waals surface area contributed by atoms with Gasteiger partial charge in [-0.25, -0.2) is 9.37 Å². The van der Waals surface area contributed by atoms with Crippen LogP contribution in [0.2, 0.25) is 0 Å². The third kappa shape index (κ3) is 4.98. The van der Waals surface area contributed by atoms with Crippen LogP contribution in [-0.4, -0.2) is 27.7 Å². The first-order valence-electron chi connectivity index (χ1n) is 8.05. The molecule has 26 heavy (non-hydrogen) atoms. The van der Waals surface area contributed by atoms with E-state index in [2.05, 4.69) is 15.3 Å². The van der Waals surface area contributed by atoms with Gasteiger partial charge in [0, 0.05) is 24.3 Å². The Bertz CT molecular complexity index is 740. The number of hydrogen-bond donors (Lipinski definition) is 2. The molecule has 0 aliphatic rings. The first-order chi connectivity index (χ1) is 12.0. The zero-order valence-corrected chi connectivity index (χ0v) is 14.7. The molecule has 2 heterocycles. The van der Waals surface area contributed by atoms with E-state index in [9.17, 15) is 22.7 Å². The van der Waals surface area contributed by atoms with Gasteiger partial charge in [0.15, 0.2) is 0 Å². The van der Waals surface area contributed by atoms with Gasteiger partial charge < -0.3 is 10.4 Å². The Morgan fingerprint density at radius 2 is 1.81 bits per heavy atom. The maximum absolute atomic E-state index is 14.0. The number of pyridine rings is 2. The summed E-state index contributed by atoms with van der Waals surface area (Å²) in [5, 5.41) is 12.5. The van der Waals surface area contributed by atoms with Crippen molar-refractivity contribution in [1.82, 2.24) is 15.3 Å². The van der Waals surface area contributed by atoms with Crippen LogP contribution in [0.4, 0.5) is 17.6 Å². The molecule has 4 nitrogen and oxygen atoms in total. The fourth-order valence-electron chi connectivity index (χ4n) is 2.35. The van der Waals surface area contributed by atoms with E-state index in [-0.39, 0.29) is 30.3 Å². The molecule has 8 heteroatoms. The maximum atomic E-state index is 14.0. The third-order valence-electron chi connectivity index (χ3n) is 4.01. The fraction of sp³-hybridized carbons (Fsp3) is 0.444. The first-order valence-corrected chi connectivity index (χ1v) is 8.05. The van der Waals surface area contributed by atoms with Crippen molar-refractivity contribution in [1.29, 1.82) is 0 Å². The predicted octanol–water partition coefficient (Wildman–Crippen LogP) is 3.80. The Morgan fingerprint density at radius 3 is 2.31 bits per heavy atom. The average molecular weight is 371 g/mol. The van der Waals surface area contributed by atoms with Crippen molar-refractivity contribution in [3.05, 3.63) is 47.7 Å². The van der Waals surface area contributed by atoms with Crippen LogP contribution < -0.4 is 5.32 Å². The van der Waals surface area contributed by atoms with Gasteiger partial charge in [-0.2, -0.15) is 13.2 Å². The molecule has 0 radical (unpaired) electrons. The number of aromatic nitrogens is 2. The van der Waals surface area contributed by atoms with Crippen molar-refractivity contribution in [2.45, 2.75) is 39.5 Å². The second-order valence-corrected chi connectivity index (χ2v) is 7.04. The maximum Gasteiger partial charge on any atom is 0.433 e. The zero-order valence-electron chi connectivity index (χ0n) is 14.7. The van der Waals surface area contributed by atoms with Gasteiger partial charge >= 0.3 is 6.18 Å². The van der Waals surface area contributed by atoms with Crippen LogP contribution in [0, 0.1) is 11.2 Å². The number of aliphatic hydroxyl groups is 1. The molecule has 0 bridgehead atoms. The molecule has 142 valence electrons. The Kier molecular flexibility index (Phi) is 5.98. The summed E-state index contributed by atoms with van der Waals surface area (Å²) in [5.41, 5.74) is -0.443. The van der Waals surface area contributed by atoms with Crippen LogP contribution in [0.1, 0.15) is 32.2 Å². The van der Waals surface area contributed by atoms with Crippen molar-refractivity contribution < 1.29 is 22.7 Å². The van der Waals surface area contributed by atoms with Crippen molar-refractivity contribution >= 4 is 0 Å². The fourth-order valence-corrected chi connectivity index (χ4v) is 2.35. The summed E-state index contributed by atoms with van der Waals surface area (Å²) in [6.45, 7) is 5.78. The summed E-state index contributed by atoms with van der Waals surface area (Å²) in [4.78, 5) is 7.57. The lowest BCUT2D eigenvalue weighted by molar-refractivity contribution is -0.141. The second-order valence-electron chi connectivity index (χ2n) is 7.04. The van der Waals surface area contributed by atoms with Gasteiger partial charge in [0.25, 0.3) is 0 Å². The monoisotopic (exact) mass is 371 g/mol. The van der Waals surface area contributed by atoms with Crippen molar-refractivity contribution in [2.75, 3.05) is 6.61 Å². The van der Waals surface area contributed by atoms with Crippen LogP contribution in [0.3, 0.4) is 0 Å². The summed E-state index contributed by atoms with van der Waals surface area (Å²) in [6, 6.07) is 4.44. The quantitative estimate of drug-likeness (QED) is 0.785. The van der Waals surface area contributed by atoms with E-state index in [0.29, 0.717) is 11.3 Å². The molecule has 0 spiro atoms. The van der Waals surface area contributed by atoms with E-state index in [1.165, 1.54) is 18.2 Å². The highest BCUT2D eigenvalue weighted by Crippen LogP contribution is 2.28. The normalized spacial score (nSPS) is 13.7. The lowest BCUT2D eigenvalue weighted by Crippen LogP contribution is -2.43. The highest BCUT2D eigenvalue weighted by Gasteiger charge is 2.32. The lowest BCUT2D eigenvalue weighted by Gasteiger charge is -2.30. The molecule has 0 fully saturated rings. The van der Waals surface area contributed by atoms with Crippen LogP contribution >= 0.6 is 0 Å². The Hall–Kier alpha value is -2.06. The summed E-state index contributed by atoms with van der Waals surface area (Å²) < 4.78 is 51.8. The standard InChI is InChI=1S/C18H21F4N3O/c1-17(2,3)16(10-26)24-9-14-12(19)5-6-13(25-14)11-4-7-15(23-8-11)18(20,21)22/h4-8,16,24,26H,9-10H2,1-3H3/t16-/m0/s1. The lowest BCUT2D eigenvalue weighted by atomic mass is 9.87. The van der Waals surface area contributed by atoms with Crippen molar-refractivity contribution in [3.8, 4) is 11.3 Å². The molecule has 2 aromatic heterocycles. The minimum atomic E-state index is -4.52. The molecule has 0 saturated heterocycles. The summed E-state index contributed by atoms with van der Waals surface area (Å²) in [5.74, 6) is -0.535. The molecule has 2 rings (SSSR count). The number of hydrogen-bond acceptors (Lipinski definition) is 4. The van der Waals surface area contributed by atoms with Crippen LogP contribution in [-0.2, 0) is 12.7 Å². The Morgan fingerprint density at radius 1 is 1.12 bits per heavy atom. The van der Waals surface area contributed by atoms with Gasteiger partial charge in [-0.3, -0.25) is 4.98 Å². The van der Waals surface area contributed by atoms with E-state index in [1.807, 2.05) is 20.8 Å². The number of aliphatic hydroxyl groups excluding tert-OH is 1. The molecule has 0 aliphatic heterocycles. The summed E-state index contributed by atoms with van der Waals surface area (Å²) in [7, 11) is 0. The number of nitrogens with zero attached hydrogens (tertiary/aromatic N) is 2. The van der Waals surface area contributed by atoms with E-state index in [1.54, 1.807) is 0 Å². The number of rotatable bonds is 5. The molecular weight excluding hydrogens is 350 g/mol. The highest BCUT2D eigenvalue weighted by molar-refractivity contribution is 5.58. The van der Waals surface area contributed by atoms with Gasteiger partial charge in [0.05, 0.1) is 18.0 Å². The first kappa shape index (κ1) is 20.3. The zero-order chi connectivity index (χ0) is 19.5. The average Bonchev–Trinajstić information content (AvgIpc) is 2.55. The molecule has 1 atom stereocenters. The number of alkyl halides is 3. The minimum absolute atomic E-state index is 0.0796. The number of halogens is 4. The van der Waals surface area contributed by atoms with E-state index in [0.717, 1.165) is 12.3 Å². The van der Waals surface area contributed by atoms with Gasteiger partial charge in [0.1, 0.15) is 11.5 Å². The molecular formula is C18H21F4N3O. The van der Waals surface area contributed by atoms with Crippen LogP contribution in [0.15, 0.2) is 30.5 Å². The SMILES string of the molecule is CC(C)(C)[C@H](CO)NCc1nc(-c2ccc(C(F)(F)F)nc2)ccc1F. The van der Waals surface area contributed by atoms with Crippen molar-refractivity contribution in [3.63, 3.8) is 0 Å². The van der Waals surface area contributed by atoms with Gasteiger partial charge in [0.2, 0.25) is 0 Å². The number of nitrogens with one attached hydrogen (secondary N) is 1. The topological polar surface area (TPSA) is 58.0 Å². The molecule has 2 aromatic rings. The van der Waals surface area contributed by atoms with E-state index < -0.39 is 17.7 Å². The van der Waals surface area contributed by atoms with Crippen molar-refractivity contribution in [2.24, 2.45) is 5.41 Å². The predicted molar refractivity (Wildman–Crippen MR) is 89.6 cm³/mol. The second kappa shape index (κ2) is 7.67. The summed E-state index contributed by atoms with van der Waals surface area (Å²) in [6.07, 6.45) is -3.46. The molecule has 0 amide bonds. The molecule has 2 N–H and O–H groups in total. The van der Waals surface area contributed by atoms with Crippen LogP contribution in [0.5, 0.6) is 0 Å². The molecule has 0 aliphatic carbocycles. The largest absolute Gasteiger partial charge is 0.433 e. The van der Waals surface area contributed by atoms with E-state index in [4.69, 9.17) is 0 Å².